The molecule has 7 heteroatoms. The van der Waals surface area contributed by atoms with Crippen LogP contribution in [0.2, 0.25) is 0 Å². The van der Waals surface area contributed by atoms with Gasteiger partial charge in [0.25, 0.3) is 0 Å². The number of likely N-dealkylation sites (tertiary alicyclic amines) is 1. The van der Waals surface area contributed by atoms with Gasteiger partial charge in [0.2, 0.25) is 0 Å². The van der Waals surface area contributed by atoms with Crippen LogP contribution in [0.1, 0.15) is 32.3 Å². The van der Waals surface area contributed by atoms with E-state index < -0.39 is 0 Å². The zero-order chi connectivity index (χ0) is 18.9. The van der Waals surface area contributed by atoms with Gasteiger partial charge in [-0.05, 0) is 44.4 Å². The molecule has 0 bridgehead atoms. The molecule has 1 aromatic carbocycles. The Bertz CT molecular complexity index is 614. The molecule has 1 aromatic rings. The Kier molecular flexibility index (Phi) is 10.5. The number of guanidine groups is 1. The van der Waals surface area contributed by atoms with E-state index in [2.05, 4.69) is 46.3 Å². The Morgan fingerprint density at radius 3 is 2.59 bits per heavy atom. The monoisotopic (exact) mass is 488 g/mol. The predicted molar refractivity (Wildman–Crippen MR) is 122 cm³/mol. The summed E-state index contributed by atoms with van der Waals surface area (Å²) < 4.78 is 5.15. The van der Waals surface area contributed by atoms with Crippen molar-refractivity contribution >= 4 is 41.6 Å². The number of piperidine rings is 1. The number of benzene rings is 1. The number of ether oxygens (including phenoxy) is 1. The van der Waals surface area contributed by atoms with Crippen LogP contribution in [0, 0.1) is 5.92 Å². The average molecular weight is 488 g/mol. The number of esters is 1. The van der Waals surface area contributed by atoms with Crippen LogP contribution >= 0.6 is 24.0 Å². The van der Waals surface area contributed by atoms with Gasteiger partial charge in [-0.25, -0.2) is 4.99 Å². The first-order valence-corrected chi connectivity index (χ1v) is 9.51. The van der Waals surface area contributed by atoms with Crippen molar-refractivity contribution in [1.82, 2.24) is 10.2 Å². The standard InChI is InChI=1S/C20H32N4O2.HI/c1-5-21-20(22-15-16-8-7-9-18(14-16)23(3)4)24-12-10-17(11-13-24)19(25)26-6-2;/h7-9,14,17H,5-6,10-13,15H2,1-4H3,(H,21,22);1H. The summed E-state index contributed by atoms with van der Waals surface area (Å²) in [6, 6.07) is 8.43. The first-order valence-electron chi connectivity index (χ1n) is 9.51. The second-order valence-electron chi connectivity index (χ2n) is 6.75. The van der Waals surface area contributed by atoms with E-state index in [-0.39, 0.29) is 35.9 Å². The third-order valence-electron chi connectivity index (χ3n) is 4.59. The largest absolute Gasteiger partial charge is 0.466 e. The molecule has 6 nitrogen and oxygen atoms in total. The van der Waals surface area contributed by atoms with Gasteiger partial charge in [-0.2, -0.15) is 0 Å². The van der Waals surface area contributed by atoms with Crippen molar-refractivity contribution in [2.45, 2.75) is 33.2 Å². The lowest BCUT2D eigenvalue weighted by Crippen LogP contribution is -2.46. The molecule has 1 heterocycles. The molecule has 152 valence electrons. The zero-order valence-corrected chi connectivity index (χ0v) is 19.2. The van der Waals surface area contributed by atoms with E-state index in [4.69, 9.17) is 9.73 Å². The number of aliphatic imine (C=N–C) groups is 1. The van der Waals surface area contributed by atoms with Gasteiger partial charge >= 0.3 is 5.97 Å². The molecule has 0 aliphatic carbocycles. The molecule has 27 heavy (non-hydrogen) atoms. The van der Waals surface area contributed by atoms with Gasteiger partial charge in [0.15, 0.2) is 5.96 Å². The molecule has 1 fully saturated rings. The maximum atomic E-state index is 11.9. The second kappa shape index (κ2) is 12.0. The normalized spacial score (nSPS) is 15.1. The summed E-state index contributed by atoms with van der Waals surface area (Å²) in [5.74, 6) is 0.880. The number of hydrogen-bond donors (Lipinski definition) is 1. The van der Waals surface area contributed by atoms with Crippen LogP contribution in [-0.4, -0.2) is 57.2 Å². The molecule has 0 unspecified atom stereocenters. The number of carbonyl (C=O) groups excluding carboxylic acids is 1. The highest BCUT2D eigenvalue weighted by molar-refractivity contribution is 14.0. The van der Waals surface area contributed by atoms with Crippen molar-refractivity contribution in [1.29, 1.82) is 0 Å². The summed E-state index contributed by atoms with van der Waals surface area (Å²) in [5.41, 5.74) is 2.37. The number of anilines is 1. The minimum atomic E-state index is -0.0606. The molecular formula is C20H33IN4O2. The number of nitrogens with one attached hydrogen (secondary N) is 1. The van der Waals surface area contributed by atoms with E-state index >= 15 is 0 Å². The molecule has 0 spiro atoms. The number of nitrogens with zero attached hydrogens (tertiary/aromatic N) is 3. The summed E-state index contributed by atoms with van der Waals surface area (Å²) in [6.07, 6.45) is 1.64. The van der Waals surface area contributed by atoms with Crippen LogP contribution in [0.3, 0.4) is 0 Å². The first kappa shape index (κ1) is 23.5. The van der Waals surface area contributed by atoms with E-state index in [0.29, 0.717) is 13.2 Å². The van der Waals surface area contributed by atoms with Gasteiger partial charge in [0.1, 0.15) is 0 Å². The summed E-state index contributed by atoms with van der Waals surface area (Å²) in [4.78, 5) is 21.1. The Balaban J connectivity index is 0.00000364. The van der Waals surface area contributed by atoms with Crippen LogP contribution in [0.5, 0.6) is 0 Å². The quantitative estimate of drug-likeness (QED) is 0.289. The third kappa shape index (κ3) is 7.20. The van der Waals surface area contributed by atoms with E-state index in [9.17, 15) is 4.79 Å². The highest BCUT2D eigenvalue weighted by Crippen LogP contribution is 2.19. The SMILES string of the molecule is CCNC(=NCc1cccc(N(C)C)c1)N1CCC(C(=O)OCC)CC1.I. The fraction of sp³-hybridized carbons (Fsp3) is 0.600. The fourth-order valence-corrected chi connectivity index (χ4v) is 3.11. The van der Waals surface area contributed by atoms with Crippen molar-refractivity contribution < 1.29 is 9.53 Å². The summed E-state index contributed by atoms with van der Waals surface area (Å²) in [6.45, 7) is 7.51. The van der Waals surface area contributed by atoms with Gasteiger partial charge in [-0.3, -0.25) is 4.79 Å². The van der Waals surface area contributed by atoms with Gasteiger partial charge in [0.05, 0.1) is 19.1 Å². The number of halogens is 1. The smallest absolute Gasteiger partial charge is 0.309 e. The van der Waals surface area contributed by atoms with Gasteiger partial charge < -0.3 is 19.9 Å². The van der Waals surface area contributed by atoms with Gasteiger partial charge in [-0.1, -0.05) is 12.1 Å². The molecule has 2 rings (SSSR count). The van der Waals surface area contributed by atoms with Crippen LogP contribution in [0.15, 0.2) is 29.3 Å². The molecule has 1 aliphatic heterocycles. The summed E-state index contributed by atoms with van der Waals surface area (Å²) in [7, 11) is 4.08. The molecule has 0 saturated carbocycles. The topological polar surface area (TPSA) is 57.2 Å². The molecule has 1 aliphatic rings. The second-order valence-corrected chi connectivity index (χ2v) is 6.75. The van der Waals surface area contributed by atoms with Crippen molar-refractivity contribution in [3.63, 3.8) is 0 Å². The molecule has 0 radical (unpaired) electrons. The number of hydrogen-bond acceptors (Lipinski definition) is 4. The third-order valence-corrected chi connectivity index (χ3v) is 4.59. The molecule has 1 N–H and O–H groups in total. The Morgan fingerprint density at radius 1 is 1.30 bits per heavy atom. The Hall–Kier alpha value is -1.51. The van der Waals surface area contributed by atoms with Crippen LogP contribution < -0.4 is 10.2 Å². The van der Waals surface area contributed by atoms with Crippen molar-refractivity contribution in [3.05, 3.63) is 29.8 Å². The zero-order valence-electron chi connectivity index (χ0n) is 16.9. The molecule has 0 amide bonds. The maximum Gasteiger partial charge on any atom is 0.309 e. The van der Waals surface area contributed by atoms with Crippen molar-refractivity contribution in [2.75, 3.05) is 45.2 Å². The Labute approximate surface area is 180 Å². The lowest BCUT2D eigenvalue weighted by atomic mass is 9.97. The van der Waals surface area contributed by atoms with Gasteiger partial charge in [-0.15, -0.1) is 24.0 Å². The van der Waals surface area contributed by atoms with E-state index in [0.717, 1.165) is 38.4 Å². The number of carbonyl (C=O) groups is 1. The highest BCUT2D eigenvalue weighted by Gasteiger charge is 2.27. The predicted octanol–water partition coefficient (Wildman–Crippen LogP) is 3.11. The molecule has 1 saturated heterocycles. The lowest BCUT2D eigenvalue weighted by molar-refractivity contribution is -0.149. The summed E-state index contributed by atoms with van der Waals surface area (Å²) in [5, 5.41) is 3.38. The lowest BCUT2D eigenvalue weighted by Gasteiger charge is -2.33. The minimum absolute atomic E-state index is 0. The minimum Gasteiger partial charge on any atom is -0.466 e. The van der Waals surface area contributed by atoms with E-state index in [1.807, 2.05) is 21.0 Å². The number of rotatable bonds is 6. The highest BCUT2D eigenvalue weighted by atomic mass is 127. The van der Waals surface area contributed by atoms with Crippen LogP contribution in [-0.2, 0) is 16.1 Å². The van der Waals surface area contributed by atoms with Gasteiger partial charge in [0, 0.05) is 39.4 Å². The Morgan fingerprint density at radius 2 is 2.00 bits per heavy atom. The van der Waals surface area contributed by atoms with E-state index in [1.165, 1.54) is 11.3 Å². The van der Waals surface area contributed by atoms with Crippen molar-refractivity contribution in [2.24, 2.45) is 10.9 Å². The van der Waals surface area contributed by atoms with Crippen LogP contribution in [0.4, 0.5) is 5.69 Å². The average Bonchev–Trinajstić information content (AvgIpc) is 2.65. The fourth-order valence-electron chi connectivity index (χ4n) is 3.11. The summed E-state index contributed by atoms with van der Waals surface area (Å²) >= 11 is 0. The van der Waals surface area contributed by atoms with Crippen molar-refractivity contribution in [3.8, 4) is 0 Å². The van der Waals surface area contributed by atoms with E-state index in [1.54, 1.807) is 0 Å². The first-order chi connectivity index (χ1) is 12.5. The maximum absolute atomic E-state index is 11.9. The van der Waals surface area contributed by atoms with Crippen LogP contribution in [0.25, 0.3) is 0 Å². The molecule has 0 atom stereocenters. The molecular weight excluding hydrogens is 455 g/mol. The molecule has 0 aromatic heterocycles.